The van der Waals surface area contributed by atoms with Gasteiger partial charge in [-0.2, -0.15) is 23.2 Å². The minimum absolute atomic E-state index is 0.0183. The van der Waals surface area contributed by atoms with E-state index in [2.05, 4.69) is 15.4 Å². The van der Waals surface area contributed by atoms with E-state index in [0.717, 1.165) is 28.9 Å². The van der Waals surface area contributed by atoms with Crippen LogP contribution in [0, 0.1) is 11.6 Å². The van der Waals surface area contributed by atoms with Gasteiger partial charge < -0.3 is 10.2 Å². The summed E-state index contributed by atoms with van der Waals surface area (Å²) in [5.74, 6) is -3.46. The number of halogens is 5. The predicted octanol–water partition coefficient (Wildman–Crippen LogP) is 5.39. The molecule has 4 aromatic rings. The Labute approximate surface area is 201 Å². The highest BCUT2D eigenvalue weighted by Crippen LogP contribution is 2.35. The van der Waals surface area contributed by atoms with Gasteiger partial charge in [0, 0.05) is 30.2 Å². The minimum Gasteiger partial charge on any atom is -0.337 e. The Hall–Kier alpha value is -4.32. The second kappa shape index (κ2) is 10.5. The molecule has 0 spiro atoms. The van der Waals surface area contributed by atoms with Gasteiger partial charge in [-0.1, -0.05) is 18.2 Å². The van der Waals surface area contributed by atoms with Crippen LogP contribution in [0.25, 0.3) is 0 Å². The summed E-state index contributed by atoms with van der Waals surface area (Å²) in [6.45, 7) is -0.328. The van der Waals surface area contributed by atoms with E-state index < -0.39 is 34.8 Å². The summed E-state index contributed by atoms with van der Waals surface area (Å²) in [4.78, 5) is 26.1. The smallest absolute Gasteiger partial charge is 0.337 e. The summed E-state index contributed by atoms with van der Waals surface area (Å²) in [5, 5.41) is 6.19. The number of carbonyl (C=O) groups is 1. The van der Waals surface area contributed by atoms with E-state index in [-0.39, 0.29) is 30.3 Å². The van der Waals surface area contributed by atoms with Gasteiger partial charge >= 0.3 is 6.18 Å². The molecule has 0 radical (unpaired) electrons. The lowest BCUT2D eigenvalue weighted by Gasteiger charge is -2.14. The number of hydrogen-bond acceptors (Lipinski definition) is 5. The maximum atomic E-state index is 13.8. The van der Waals surface area contributed by atoms with Gasteiger partial charge in [0.15, 0.2) is 11.6 Å². The molecule has 0 bridgehead atoms. The maximum absolute atomic E-state index is 13.8. The van der Waals surface area contributed by atoms with Gasteiger partial charge in [0.25, 0.3) is 5.91 Å². The summed E-state index contributed by atoms with van der Waals surface area (Å²) < 4.78 is 69.8. The molecule has 0 aliphatic carbocycles. The van der Waals surface area contributed by atoms with Crippen LogP contribution in [0.15, 0.2) is 73.2 Å². The molecular formula is C24H17F5N4O3. The van der Waals surface area contributed by atoms with Crippen molar-refractivity contribution in [2.45, 2.75) is 19.3 Å². The van der Waals surface area contributed by atoms with Crippen molar-refractivity contribution < 1.29 is 36.5 Å². The van der Waals surface area contributed by atoms with Crippen LogP contribution in [-0.4, -0.2) is 20.7 Å². The summed E-state index contributed by atoms with van der Waals surface area (Å²) in [7, 11) is 0. The monoisotopic (exact) mass is 504 g/mol. The molecule has 0 aliphatic rings. The predicted molar refractivity (Wildman–Crippen MR) is 117 cm³/mol. The lowest BCUT2D eigenvalue weighted by molar-refractivity contribution is -0.218. The number of hydrogen-bond donors (Lipinski definition) is 1. The third-order valence-electron chi connectivity index (χ3n) is 4.89. The normalized spacial score (nSPS) is 11.4. The zero-order valence-electron chi connectivity index (χ0n) is 18.3. The van der Waals surface area contributed by atoms with Crippen LogP contribution in [0.2, 0.25) is 0 Å². The highest BCUT2D eigenvalue weighted by molar-refractivity contribution is 6.04. The molecule has 36 heavy (non-hydrogen) atoms. The fraction of sp³-hybridized carbons (Fsp3) is 0.125. The Morgan fingerprint density at radius 1 is 1.03 bits per heavy atom. The number of nitrogens with one attached hydrogen (secondary N) is 1. The van der Waals surface area contributed by atoms with E-state index >= 15 is 0 Å². The molecule has 186 valence electrons. The Morgan fingerprint density at radius 2 is 1.81 bits per heavy atom. The highest BCUT2D eigenvalue weighted by atomic mass is 19.4. The van der Waals surface area contributed by atoms with Crippen molar-refractivity contribution in [2.75, 3.05) is 5.32 Å². The molecule has 4 rings (SSSR count). The number of nitrogens with zero attached hydrogens (tertiary/aromatic N) is 3. The average molecular weight is 504 g/mol. The number of anilines is 1. The Kier molecular flexibility index (Phi) is 7.25. The maximum Gasteiger partial charge on any atom is 0.416 e. The summed E-state index contributed by atoms with van der Waals surface area (Å²) in [6, 6.07) is 10.9. The summed E-state index contributed by atoms with van der Waals surface area (Å²) in [5.41, 5.74) is -1.24. The number of alkyl halides is 3. The van der Waals surface area contributed by atoms with E-state index in [4.69, 9.17) is 9.78 Å². The molecule has 7 nitrogen and oxygen atoms in total. The zero-order chi connectivity index (χ0) is 25.7. The van der Waals surface area contributed by atoms with Crippen molar-refractivity contribution in [3.63, 3.8) is 0 Å². The van der Waals surface area contributed by atoms with Gasteiger partial charge in [-0.15, -0.1) is 0 Å². The van der Waals surface area contributed by atoms with Crippen LogP contribution in [0.4, 0.5) is 27.8 Å². The van der Waals surface area contributed by atoms with Gasteiger partial charge in [-0.05, 0) is 35.9 Å². The van der Waals surface area contributed by atoms with Crippen LogP contribution in [0.5, 0.6) is 5.75 Å². The molecule has 0 unspecified atom stereocenters. The van der Waals surface area contributed by atoms with Crippen LogP contribution < -0.4 is 10.2 Å². The molecule has 2 heterocycles. The fourth-order valence-electron chi connectivity index (χ4n) is 3.24. The van der Waals surface area contributed by atoms with Gasteiger partial charge in [0.05, 0.1) is 12.1 Å². The number of pyridine rings is 1. The molecule has 2 aromatic heterocycles. The molecule has 12 heteroatoms. The summed E-state index contributed by atoms with van der Waals surface area (Å²) in [6.07, 6.45) is -0.293. The number of carbonyl (C=O) groups excluding carboxylic acids is 1. The number of amides is 1. The van der Waals surface area contributed by atoms with E-state index in [0.29, 0.717) is 5.56 Å². The quantitative estimate of drug-likeness (QED) is 0.198. The van der Waals surface area contributed by atoms with Crippen LogP contribution >= 0.6 is 0 Å². The topological polar surface area (TPSA) is 78.3 Å². The third kappa shape index (κ3) is 6.02. The van der Waals surface area contributed by atoms with Crippen molar-refractivity contribution in [3.8, 4) is 5.75 Å². The largest absolute Gasteiger partial charge is 0.416 e. The third-order valence-corrected chi connectivity index (χ3v) is 4.89. The van der Waals surface area contributed by atoms with Crippen molar-refractivity contribution in [2.24, 2.45) is 0 Å². The van der Waals surface area contributed by atoms with Gasteiger partial charge in [0.1, 0.15) is 23.8 Å². The molecule has 0 aliphatic heterocycles. The highest BCUT2D eigenvalue weighted by Gasteiger charge is 2.34. The van der Waals surface area contributed by atoms with E-state index in [9.17, 15) is 26.7 Å². The van der Waals surface area contributed by atoms with Gasteiger partial charge in [-0.25, -0.2) is 8.78 Å². The lowest BCUT2D eigenvalue weighted by atomic mass is 10.1. The van der Waals surface area contributed by atoms with Crippen LogP contribution in [0.1, 0.15) is 27.0 Å². The molecule has 0 saturated heterocycles. The second-order valence-electron chi connectivity index (χ2n) is 7.47. The SMILES string of the molecule is O=C(Nc1ccn(Cc2ccc(OOCc3cccnc3)cc2C(F)(F)F)n1)c1c(F)cccc1F. The molecule has 0 atom stereocenters. The van der Waals surface area contributed by atoms with Crippen LogP contribution in [0.3, 0.4) is 0 Å². The first-order valence-electron chi connectivity index (χ1n) is 10.4. The zero-order valence-corrected chi connectivity index (χ0v) is 18.3. The molecule has 0 saturated carbocycles. The van der Waals surface area contributed by atoms with E-state index in [1.165, 1.54) is 30.6 Å². The van der Waals surface area contributed by atoms with E-state index in [1.807, 2.05) is 0 Å². The Bertz CT molecular complexity index is 1340. The average Bonchev–Trinajstić information content (AvgIpc) is 3.26. The van der Waals surface area contributed by atoms with Crippen molar-refractivity contribution >= 4 is 11.7 Å². The minimum atomic E-state index is -4.70. The molecule has 1 amide bonds. The number of rotatable bonds is 8. The number of aromatic nitrogens is 3. The Morgan fingerprint density at radius 3 is 2.50 bits per heavy atom. The standard InChI is InChI=1S/C24H17F5N4O3/c25-19-4-1-5-20(26)22(19)23(34)31-21-8-10-33(32-21)13-16-6-7-17(11-18(16)24(27,28)29)36-35-14-15-3-2-9-30-12-15/h1-12H,13-14H2,(H,31,32,34). The van der Waals surface area contributed by atoms with Gasteiger partial charge in [0.2, 0.25) is 0 Å². The summed E-state index contributed by atoms with van der Waals surface area (Å²) >= 11 is 0. The van der Waals surface area contributed by atoms with Crippen molar-refractivity contribution in [3.05, 3.63) is 107 Å². The first-order chi connectivity index (χ1) is 17.2. The van der Waals surface area contributed by atoms with Crippen molar-refractivity contribution in [1.29, 1.82) is 0 Å². The molecular weight excluding hydrogens is 487 g/mol. The second-order valence-corrected chi connectivity index (χ2v) is 7.47. The lowest BCUT2D eigenvalue weighted by Crippen LogP contribution is -2.16. The molecule has 2 aromatic carbocycles. The van der Waals surface area contributed by atoms with E-state index in [1.54, 1.807) is 18.3 Å². The van der Waals surface area contributed by atoms with Crippen LogP contribution in [-0.2, 0) is 24.2 Å². The fourth-order valence-corrected chi connectivity index (χ4v) is 3.24. The first kappa shape index (κ1) is 24.8. The van der Waals surface area contributed by atoms with Gasteiger partial charge in [-0.3, -0.25) is 14.5 Å². The molecule has 1 N–H and O–H groups in total. The van der Waals surface area contributed by atoms with Crippen molar-refractivity contribution in [1.82, 2.24) is 14.8 Å². The first-order valence-corrected chi connectivity index (χ1v) is 10.4. The Balaban J connectivity index is 1.45. The molecule has 0 fully saturated rings. The number of benzene rings is 2.